The Bertz CT molecular complexity index is 1280. The number of benzene rings is 4. The van der Waals surface area contributed by atoms with Crippen LogP contribution in [-0.4, -0.2) is 10.5 Å². The van der Waals surface area contributed by atoms with E-state index < -0.39 is 5.41 Å². The largest absolute Gasteiger partial charge is 0.308 e. The first-order chi connectivity index (χ1) is 17.8. The molecule has 4 aromatic rings. The third-order valence-corrected chi connectivity index (χ3v) is 7.11. The molecule has 7 nitrogen and oxygen atoms in total. The van der Waals surface area contributed by atoms with Gasteiger partial charge in [-0.05, 0) is 76.0 Å². The zero-order valence-electron chi connectivity index (χ0n) is 21.2. The summed E-state index contributed by atoms with van der Waals surface area (Å²) in [4.78, 5) is 9.54. The minimum absolute atomic E-state index is 0.283. The van der Waals surface area contributed by atoms with Gasteiger partial charge >= 0.3 is 0 Å². The smallest absolute Gasteiger partial charge is 0.168 e. The van der Waals surface area contributed by atoms with Gasteiger partial charge in [0, 0.05) is 15.9 Å². The van der Waals surface area contributed by atoms with Crippen LogP contribution in [0.5, 0.6) is 11.5 Å². The van der Waals surface area contributed by atoms with Crippen LogP contribution in [0, 0.1) is 6.92 Å². The van der Waals surface area contributed by atoms with Crippen molar-refractivity contribution in [3.63, 3.8) is 0 Å². The molecule has 1 unspecified atom stereocenters. The van der Waals surface area contributed by atoms with Gasteiger partial charge in [-0.25, -0.2) is 10.5 Å². The highest BCUT2D eigenvalue weighted by molar-refractivity contribution is 5.52. The summed E-state index contributed by atoms with van der Waals surface area (Å²) in [6.45, 7) is 8.59. The maximum absolute atomic E-state index is 8.60. The van der Waals surface area contributed by atoms with Gasteiger partial charge in [0.2, 0.25) is 0 Å². The van der Waals surface area contributed by atoms with E-state index >= 15 is 0 Å². The molecule has 7 heteroatoms. The highest BCUT2D eigenvalue weighted by Crippen LogP contribution is 2.41. The first-order valence-electron chi connectivity index (χ1n) is 11.8. The minimum atomic E-state index is -0.442. The van der Waals surface area contributed by atoms with Crippen molar-refractivity contribution in [2.75, 3.05) is 0 Å². The van der Waals surface area contributed by atoms with E-state index in [-0.39, 0.29) is 5.41 Å². The van der Waals surface area contributed by atoms with Gasteiger partial charge in [-0.3, -0.25) is 0 Å². The Morgan fingerprint density at radius 2 is 0.865 bits per heavy atom. The molecule has 0 amide bonds. The second kappa shape index (κ2) is 11.1. The van der Waals surface area contributed by atoms with Crippen LogP contribution < -0.4 is 9.78 Å². The first kappa shape index (κ1) is 26.3. The van der Waals surface area contributed by atoms with E-state index in [9.17, 15) is 0 Å². The molecule has 0 aliphatic rings. The standard InChI is InChI=1S/C30H30O7/c1-21-5-7-24(8-6-21)30(4,26-15-19-27(20-16-26)33-35-31)25-11-9-22(10-12-25)29(2,3)23-13-17-28(18-14-23)34-37-36-32/h5-20,31-32H,1-4H3. The molecular weight excluding hydrogens is 472 g/mol. The molecule has 4 rings (SSSR count). The molecule has 0 saturated heterocycles. The Morgan fingerprint density at radius 3 is 1.32 bits per heavy atom. The van der Waals surface area contributed by atoms with Crippen molar-refractivity contribution in [2.24, 2.45) is 0 Å². The van der Waals surface area contributed by atoms with Crippen molar-refractivity contribution in [1.82, 2.24) is 0 Å². The summed E-state index contributed by atoms with van der Waals surface area (Å²) in [6, 6.07) is 32.1. The Morgan fingerprint density at radius 1 is 0.486 bits per heavy atom. The van der Waals surface area contributed by atoms with E-state index in [1.54, 1.807) is 24.3 Å². The van der Waals surface area contributed by atoms with Crippen LogP contribution in [-0.2, 0) is 25.9 Å². The quantitative estimate of drug-likeness (QED) is 0.135. The van der Waals surface area contributed by atoms with Gasteiger partial charge in [0.1, 0.15) is 0 Å². The average molecular weight is 503 g/mol. The van der Waals surface area contributed by atoms with Gasteiger partial charge in [0.25, 0.3) is 0 Å². The molecular formula is C30H30O7. The molecule has 2 N–H and O–H groups in total. The van der Waals surface area contributed by atoms with Gasteiger partial charge in [0.15, 0.2) is 11.5 Å². The molecule has 37 heavy (non-hydrogen) atoms. The van der Waals surface area contributed by atoms with Gasteiger partial charge in [-0.15, -0.1) is 0 Å². The van der Waals surface area contributed by atoms with Gasteiger partial charge in [-0.2, -0.15) is 0 Å². The fraction of sp³-hybridized carbons (Fsp3) is 0.200. The van der Waals surface area contributed by atoms with E-state index in [1.807, 2.05) is 24.3 Å². The summed E-state index contributed by atoms with van der Waals surface area (Å²) in [6.07, 6.45) is 0. The molecule has 0 saturated carbocycles. The number of hydrogen-bond acceptors (Lipinski definition) is 7. The van der Waals surface area contributed by atoms with Crippen molar-refractivity contribution in [2.45, 2.75) is 38.5 Å². The maximum Gasteiger partial charge on any atom is 0.168 e. The van der Waals surface area contributed by atoms with Gasteiger partial charge in [0.05, 0.1) is 0 Å². The van der Waals surface area contributed by atoms with Crippen LogP contribution in [0.25, 0.3) is 0 Å². The normalized spacial score (nSPS) is 13.1. The second-order valence-electron chi connectivity index (χ2n) is 9.63. The molecule has 0 aromatic heterocycles. The first-order valence-corrected chi connectivity index (χ1v) is 11.8. The lowest BCUT2D eigenvalue weighted by Crippen LogP contribution is -2.26. The van der Waals surface area contributed by atoms with E-state index in [1.165, 1.54) is 5.56 Å². The molecule has 0 spiro atoms. The summed E-state index contributed by atoms with van der Waals surface area (Å²) in [5, 5.41) is 28.3. The Hall–Kier alpha value is -3.72. The third kappa shape index (κ3) is 5.51. The lowest BCUT2D eigenvalue weighted by atomic mass is 9.70. The van der Waals surface area contributed by atoms with Crippen LogP contribution in [0.1, 0.15) is 54.2 Å². The fourth-order valence-electron chi connectivity index (χ4n) is 4.64. The minimum Gasteiger partial charge on any atom is -0.308 e. The Kier molecular flexibility index (Phi) is 7.92. The third-order valence-electron chi connectivity index (χ3n) is 7.11. The summed E-state index contributed by atoms with van der Waals surface area (Å²) in [5.74, 6) is 0.807. The molecule has 1 atom stereocenters. The topological polar surface area (TPSA) is 86.6 Å². The van der Waals surface area contributed by atoms with Crippen molar-refractivity contribution in [3.8, 4) is 11.5 Å². The number of aryl methyl sites for hydroxylation is 1. The highest BCUT2D eigenvalue weighted by Gasteiger charge is 2.32. The summed E-state index contributed by atoms with van der Waals surface area (Å²) in [7, 11) is 0. The molecule has 0 aliphatic carbocycles. The molecule has 4 aromatic carbocycles. The van der Waals surface area contributed by atoms with Crippen LogP contribution in [0.2, 0.25) is 0 Å². The lowest BCUT2D eigenvalue weighted by Gasteiger charge is -2.33. The second-order valence-corrected chi connectivity index (χ2v) is 9.63. The monoisotopic (exact) mass is 502 g/mol. The van der Waals surface area contributed by atoms with Gasteiger partial charge < -0.3 is 9.78 Å². The van der Waals surface area contributed by atoms with E-state index in [0.29, 0.717) is 11.5 Å². The van der Waals surface area contributed by atoms with Crippen molar-refractivity contribution < 1.29 is 35.4 Å². The van der Waals surface area contributed by atoms with Crippen LogP contribution in [0.15, 0.2) is 97.1 Å². The van der Waals surface area contributed by atoms with Gasteiger partial charge in [-0.1, -0.05) is 92.2 Å². The molecule has 0 radical (unpaired) electrons. The van der Waals surface area contributed by atoms with Crippen LogP contribution >= 0.6 is 0 Å². The van der Waals surface area contributed by atoms with E-state index in [0.717, 1.165) is 27.8 Å². The van der Waals surface area contributed by atoms with Crippen molar-refractivity contribution in [1.29, 1.82) is 0 Å². The summed E-state index contributed by atoms with van der Waals surface area (Å²) < 4.78 is 0. The highest BCUT2D eigenvalue weighted by atomic mass is 17.6. The zero-order chi connectivity index (χ0) is 26.5. The predicted molar refractivity (Wildman–Crippen MR) is 138 cm³/mol. The SMILES string of the molecule is Cc1ccc(C(C)(c2ccc(OOO)cc2)c2ccc(C(C)(C)c3ccc(OOOO)cc3)cc2)cc1. The molecule has 0 bridgehead atoms. The summed E-state index contributed by atoms with van der Waals surface area (Å²) >= 11 is 0. The summed E-state index contributed by atoms with van der Waals surface area (Å²) in [5.41, 5.74) is 6.06. The van der Waals surface area contributed by atoms with Crippen LogP contribution in [0.4, 0.5) is 0 Å². The predicted octanol–water partition coefficient (Wildman–Crippen LogP) is 7.17. The van der Waals surface area contributed by atoms with E-state index in [2.05, 4.69) is 91.3 Å². The maximum atomic E-state index is 8.60. The lowest BCUT2D eigenvalue weighted by molar-refractivity contribution is -0.594. The molecule has 0 aliphatic heterocycles. The van der Waals surface area contributed by atoms with Crippen molar-refractivity contribution in [3.05, 3.63) is 130 Å². The van der Waals surface area contributed by atoms with E-state index in [4.69, 9.17) is 20.3 Å². The number of rotatable bonds is 10. The number of hydrogen-bond donors (Lipinski definition) is 2. The molecule has 0 fully saturated rings. The average Bonchev–Trinajstić information content (AvgIpc) is 2.93. The zero-order valence-corrected chi connectivity index (χ0v) is 21.2. The Labute approximate surface area is 216 Å². The fourth-order valence-corrected chi connectivity index (χ4v) is 4.64. The molecule has 192 valence electrons. The van der Waals surface area contributed by atoms with Crippen molar-refractivity contribution >= 4 is 0 Å². The Balaban J connectivity index is 1.70. The van der Waals surface area contributed by atoms with Crippen LogP contribution in [0.3, 0.4) is 0 Å². The molecule has 0 heterocycles.